The summed E-state index contributed by atoms with van der Waals surface area (Å²) in [6, 6.07) is -1.98. The molecule has 2 aromatic rings. The Kier molecular flexibility index (Phi) is 26.3. The van der Waals surface area contributed by atoms with E-state index in [1.54, 1.807) is 24.3 Å². The molecule has 8 amide bonds. The topological polar surface area (TPSA) is 448 Å². The van der Waals surface area contributed by atoms with E-state index in [9.17, 15) is 84.5 Å². The number of nitrogens with one attached hydrogen (secondary N) is 5. The van der Waals surface area contributed by atoms with Crippen LogP contribution < -0.4 is 76.2 Å². The summed E-state index contributed by atoms with van der Waals surface area (Å²) in [5.74, 6) is -9.99. The van der Waals surface area contributed by atoms with Gasteiger partial charge in [-0.3, -0.25) is 48.3 Å². The summed E-state index contributed by atoms with van der Waals surface area (Å²) in [7, 11) is 0. The summed E-state index contributed by atoms with van der Waals surface area (Å²) in [6.45, 7) is 4.12. The second kappa shape index (κ2) is 32.9. The van der Waals surface area contributed by atoms with Crippen molar-refractivity contribution in [1.82, 2.24) is 41.3 Å². The number of nitrogens with zero attached hydrogens (tertiary/aromatic N) is 4. The molecule has 2 aliphatic carbocycles. The van der Waals surface area contributed by atoms with Crippen molar-refractivity contribution in [2.75, 3.05) is 50.7 Å². The molecule has 2 aromatic carbocycles. The Balaban J connectivity index is 0.0000115. The van der Waals surface area contributed by atoms with Crippen molar-refractivity contribution in [1.29, 1.82) is 0 Å². The fourth-order valence-electron chi connectivity index (χ4n) is 13.4. The normalized spacial score (nSPS) is 30.4. The molecule has 0 radical (unpaired) electrons. The van der Waals surface area contributed by atoms with Gasteiger partial charge in [-0.25, -0.2) is 0 Å². The molecule has 32 heteroatoms. The van der Waals surface area contributed by atoms with E-state index in [-0.39, 0.29) is 53.0 Å². The molecular formula is C58H83N10NaO20S. The third-order valence-electron chi connectivity index (χ3n) is 18.3. The number of hydrogen-bond acceptors (Lipinski definition) is 23. The number of nitrogens with two attached hydrogens (primary N) is 1. The van der Waals surface area contributed by atoms with Crippen LogP contribution in [0.3, 0.4) is 0 Å². The Bertz CT molecular complexity index is 2810. The Labute approximate surface area is 546 Å². The molecule has 4 saturated heterocycles. The van der Waals surface area contributed by atoms with Gasteiger partial charge in [-0.15, -0.1) is 4.33 Å². The van der Waals surface area contributed by atoms with Crippen LogP contribution in [0.5, 0.6) is 11.5 Å². The number of hydrogen-bond donors (Lipinski definition) is 14. The predicted octanol–water partition coefficient (Wildman–Crippen LogP) is -6.86. The number of phenols is 1. The number of piperazine rings is 1. The molecule has 8 rings (SSSR count). The summed E-state index contributed by atoms with van der Waals surface area (Å²) < 4.78 is 9.07. The van der Waals surface area contributed by atoms with Gasteiger partial charge in [-0.2, -0.15) is 0 Å². The largest absolute Gasteiger partial charge is 1.00 e. The van der Waals surface area contributed by atoms with Crippen LogP contribution in [0.25, 0.3) is 0 Å². The van der Waals surface area contributed by atoms with Gasteiger partial charge >= 0.3 is 29.6 Å². The van der Waals surface area contributed by atoms with Gasteiger partial charge < -0.3 is 97.3 Å². The minimum absolute atomic E-state index is 0. The van der Waals surface area contributed by atoms with Crippen LogP contribution >= 0.6 is 12.3 Å². The summed E-state index contributed by atoms with van der Waals surface area (Å²) in [4.78, 5) is 120. The number of phenolic OH excluding ortho intramolecular Hbond substituents is 1. The first-order valence-electron chi connectivity index (χ1n) is 30.3. The van der Waals surface area contributed by atoms with Gasteiger partial charge in [0, 0.05) is 81.9 Å². The Morgan fingerprint density at radius 3 is 2.03 bits per heavy atom. The number of carbonyl (C=O) groups excluding carboxylic acids is 8. The number of benzene rings is 2. The molecular weight excluding hydrogens is 1210 g/mol. The van der Waals surface area contributed by atoms with Gasteiger partial charge in [0.2, 0.25) is 41.4 Å². The molecule has 4 heterocycles. The minimum atomic E-state index is -2.52. The molecule has 6 fully saturated rings. The zero-order valence-electron chi connectivity index (χ0n) is 50.5. The van der Waals surface area contributed by atoms with Crippen molar-refractivity contribution in [3.63, 3.8) is 0 Å². The van der Waals surface area contributed by atoms with Crippen molar-refractivity contribution in [3.05, 3.63) is 53.6 Å². The maximum atomic E-state index is 14.7. The fraction of sp³-hybridized carbons (Fsp3) is 0.655. The summed E-state index contributed by atoms with van der Waals surface area (Å²) in [5, 5.41) is 116. The second-order valence-corrected chi connectivity index (χ2v) is 24.8. The SMILES string of the molecule is CC(O)C1NC(=O)C(NC(=O)c2ccc(N3CCN(C4CCC(C5CCCCC5)CC4)CC3)cc2)CC(O)CNC(=O)C2C(O)C(C)CN2C(=O)C(C(O)CC(N)=O)NC(=O)C(C(O)C(O)c2ccc(O)c(OSOO[O-])c2)NC(=O)C2CC(O)CN2C1=O.[Na+]. The van der Waals surface area contributed by atoms with Gasteiger partial charge in [0.15, 0.2) is 11.5 Å². The van der Waals surface area contributed by atoms with Crippen LogP contribution in [-0.4, -0.2) is 228 Å². The number of anilines is 1. The predicted molar refractivity (Wildman–Crippen MR) is 311 cm³/mol. The first-order chi connectivity index (χ1) is 42.4. The average Bonchev–Trinajstić information content (AvgIpc) is 1.71. The second-order valence-electron chi connectivity index (χ2n) is 24.4. The third kappa shape index (κ3) is 17.8. The molecule has 0 spiro atoms. The van der Waals surface area contributed by atoms with Crippen molar-refractivity contribution in [3.8, 4) is 11.5 Å². The van der Waals surface area contributed by atoms with Crippen molar-refractivity contribution in [2.24, 2.45) is 23.5 Å². The number of rotatable bonds is 16. The quantitative estimate of drug-likeness (QED) is 0.0244. The number of amides is 8. The molecule has 4 aliphatic heterocycles. The van der Waals surface area contributed by atoms with E-state index >= 15 is 0 Å². The van der Waals surface area contributed by atoms with E-state index in [0.29, 0.717) is 6.04 Å². The molecule has 30 nitrogen and oxygen atoms in total. The van der Waals surface area contributed by atoms with Crippen molar-refractivity contribution >= 4 is 65.3 Å². The first kappa shape index (κ1) is 71.9. The molecule has 14 atom stereocenters. The molecule has 0 bridgehead atoms. The van der Waals surface area contributed by atoms with E-state index < -0.39 is 183 Å². The molecule has 6 aliphatic rings. The molecule has 14 unspecified atom stereocenters. The number of primary amides is 1. The number of fused-ring (bicyclic) bond motifs is 2. The van der Waals surface area contributed by atoms with Crippen LogP contribution in [0.4, 0.5) is 5.69 Å². The van der Waals surface area contributed by atoms with Crippen LogP contribution in [0, 0.1) is 17.8 Å². The van der Waals surface area contributed by atoms with Crippen LogP contribution in [0.2, 0.25) is 0 Å². The summed E-state index contributed by atoms with van der Waals surface area (Å²) >= 11 is -0.0760. The Morgan fingerprint density at radius 2 is 1.39 bits per heavy atom. The maximum absolute atomic E-state index is 14.7. The minimum Gasteiger partial charge on any atom is -0.691 e. The Hall–Kier alpha value is -5.49. The van der Waals surface area contributed by atoms with E-state index in [4.69, 9.17) is 9.92 Å². The fourth-order valence-corrected chi connectivity index (χ4v) is 13.6. The van der Waals surface area contributed by atoms with E-state index in [0.717, 1.165) is 78.6 Å². The number of carbonyl (C=O) groups is 8. The molecule has 90 heavy (non-hydrogen) atoms. The van der Waals surface area contributed by atoms with Crippen LogP contribution in [-0.2, 0) is 42.9 Å². The van der Waals surface area contributed by atoms with E-state index in [1.807, 2.05) is 0 Å². The zero-order valence-corrected chi connectivity index (χ0v) is 53.4. The maximum Gasteiger partial charge on any atom is 1.00 e. The smallest absolute Gasteiger partial charge is 0.691 e. The van der Waals surface area contributed by atoms with Crippen molar-refractivity contribution < 1.29 is 128 Å². The monoisotopic (exact) mass is 1290 g/mol. The van der Waals surface area contributed by atoms with Crippen molar-refractivity contribution in [2.45, 2.75) is 176 Å². The average molecular weight is 1300 g/mol. The Morgan fingerprint density at radius 1 is 0.756 bits per heavy atom. The van der Waals surface area contributed by atoms with E-state index in [2.05, 4.69) is 45.8 Å². The van der Waals surface area contributed by atoms with Crippen LogP contribution in [0.15, 0.2) is 42.5 Å². The van der Waals surface area contributed by atoms with Crippen LogP contribution in [0.1, 0.15) is 113 Å². The number of aliphatic hydroxyl groups excluding tert-OH is 7. The van der Waals surface area contributed by atoms with E-state index in [1.165, 1.54) is 64.7 Å². The first-order valence-corrected chi connectivity index (χ1v) is 31.0. The molecule has 0 aromatic heterocycles. The van der Waals surface area contributed by atoms with Gasteiger partial charge in [-0.05, 0) is 86.4 Å². The molecule has 15 N–H and O–H groups in total. The molecule has 492 valence electrons. The van der Waals surface area contributed by atoms with Gasteiger partial charge in [-0.1, -0.05) is 45.1 Å². The number of aromatic hydroxyl groups is 1. The standard InChI is InChI=1S/C58H84N10O20S.Na/c1-29-27-68-48(49(29)75)56(82)60-26-37(70)23-39(61-52(78)33-10-15-36(16-11-33)66-20-18-65(19-21-66)35-13-8-32(9-14-35)31-6-4-3-5-7-31)53(79)62-45(30(2)69)57(83)67-28-38(71)24-40(67)54(80)64-47(55(81)63-46(58(68)84)42(73)25-44(59)74)51(77)50(76)34-12-17-41(72)43(22-34)86-89-88-87-85;/h10-12,15-17,22,29-32,35,37-40,42,45-51,69-73,75-77,85H,3-9,13-14,18-21,23-28H2,1-2H3,(H2,59,74)(H,60,82)(H,61,78)(H,62,79)(H,63,81)(H,64,80);/q;+1/p-1. The zero-order chi connectivity index (χ0) is 64.4. The van der Waals surface area contributed by atoms with Gasteiger partial charge in [0.05, 0.1) is 36.9 Å². The van der Waals surface area contributed by atoms with Gasteiger partial charge in [0.25, 0.3) is 18.2 Å². The summed E-state index contributed by atoms with van der Waals surface area (Å²) in [5.41, 5.74) is 6.00. The van der Waals surface area contributed by atoms with Gasteiger partial charge in [0.1, 0.15) is 48.5 Å². The number of aliphatic hydroxyl groups is 7. The molecule has 2 saturated carbocycles. The number of β-amino-alcohol motifs (C(OH)–C–C–N with tert-alkyl or cyclic N) is 1. The third-order valence-corrected chi connectivity index (χ3v) is 18.7. The summed E-state index contributed by atoms with van der Waals surface area (Å²) in [6.07, 6.45) is -4.18.